The molecule has 1 aromatic heterocycles. The second-order valence-corrected chi connectivity index (χ2v) is 7.04. The van der Waals surface area contributed by atoms with Crippen LogP contribution in [-0.4, -0.2) is 39.1 Å². The van der Waals surface area contributed by atoms with E-state index in [4.69, 9.17) is 11.6 Å². The Morgan fingerprint density at radius 2 is 2.14 bits per heavy atom. The molecule has 112 valence electrons. The summed E-state index contributed by atoms with van der Waals surface area (Å²) in [5.74, 6) is 0.612. The lowest BCUT2D eigenvalue weighted by molar-refractivity contribution is 0.281. The van der Waals surface area contributed by atoms with Crippen molar-refractivity contribution >= 4 is 21.6 Å². The monoisotopic (exact) mass is 328 g/mol. The van der Waals surface area contributed by atoms with Crippen LogP contribution in [0.15, 0.2) is 29.4 Å². The van der Waals surface area contributed by atoms with Gasteiger partial charge in [0, 0.05) is 18.1 Å². The first-order chi connectivity index (χ1) is 10.0. The molecule has 7 nitrogen and oxygen atoms in total. The number of nitrogens with zero attached hydrogens (tertiary/aromatic N) is 4. The van der Waals surface area contributed by atoms with Gasteiger partial charge in [0.1, 0.15) is 12.2 Å². The van der Waals surface area contributed by atoms with Crippen molar-refractivity contribution in [2.45, 2.75) is 24.6 Å². The molecule has 1 aromatic carbocycles. The first kappa shape index (κ1) is 14.5. The van der Waals surface area contributed by atoms with Gasteiger partial charge in [0.15, 0.2) is 0 Å². The van der Waals surface area contributed by atoms with E-state index in [9.17, 15) is 13.5 Å². The number of rotatable bonds is 3. The Bertz CT molecular complexity index is 775. The van der Waals surface area contributed by atoms with E-state index in [-0.39, 0.29) is 18.0 Å². The molecule has 0 unspecified atom stereocenters. The van der Waals surface area contributed by atoms with Crippen LogP contribution in [0.1, 0.15) is 11.4 Å². The topological polar surface area (TPSA) is 88.3 Å². The summed E-state index contributed by atoms with van der Waals surface area (Å²) in [7, 11) is -3.65. The fourth-order valence-corrected chi connectivity index (χ4v) is 3.85. The molecule has 3 rings (SSSR count). The van der Waals surface area contributed by atoms with Crippen molar-refractivity contribution in [1.82, 2.24) is 19.1 Å². The number of hydrogen-bond donors (Lipinski definition) is 1. The zero-order valence-corrected chi connectivity index (χ0v) is 12.5. The molecule has 0 amide bonds. The first-order valence-electron chi connectivity index (χ1n) is 6.28. The Kier molecular flexibility index (Phi) is 3.70. The van der Waals surface area contributed by atoms with Crippen LogP contribution in [0.5, 0.6) is 0 Å². The van der Waals surface area contributed by atoms with Crippen LogP contribution in [0.4, 0.5) is 0 Å². The van der Waals surface area contributed by atoms with Gasteiger partial charge in [-0.3, -0.25) is 0 Å². The second kappa shape index (κ2) is 5.38. The lowest BCUT2D eigenvalue weighted by Crippen LogP contribution is -2.38. The van der Waals surface area contributed by atoms with Gasteiger partial charge in [-0.25, -0.2) is 8.42 Å². The minimum Gasteiger partial charge on any atom is -0.392 e. The van der Waals surface area contributed by atoms with E-state index in [1.54, 1.807) is 6.33 Å². The third-order valence-electron chi connectivity index (χ3n) is 3.43. The van der Waals surface area contributed by atoms with E-state index in [1.807, 2.05) is 4.57 Å². The molecule has 0 spiro atoms. The Morgan fingerprint density at radius 3 is 2.90 bits per heavy atom. The van der Waals surface area contributed by atoms with Crippen molar-refractivity contribution < 1.29 is 13.5 Å². The van der Waals surface area contributed by atoms with Gasteiger partial charge in [-0.1, -0.05) is 11.6 Å². The molecule has 0 saturated heterocycles. The average molecular weight is 329 g/mol. The van der Waals surface area contributed by atoms with Crippen LogP contribution < -0.4 is 0 Å². The van der Waals surface area contributed by atoms with E-state index in [2.05, 4.69) is 10.2 Å². The lowest BCUT2D eigenvalue weighted by atomic mass is 10.2. The molecule has 21 heavy (non-hydrogen) atoms. The molecule has 0 bridgehead atoms. The van der Waals surface area contributed by atoms with Gasteiger partial charge < -0.3 is 9.67 Å². The number of sulfonamides is 1. The first-order valence-corrected chi connectivity index (χ1v) is 8.10. The highest BCUT2D eigenvalue weighted by Crippen LogP contribution is 2.25. The van der Waals surface area contributed by atoms with Gasteiger partial charge >= 0.3 is 0 Å². The molecular formula is C12H13ClN4O3S. The molecule has 0 aliphatic carbocycles. The number of aromatic nitrogens is 3. The van der Waals surface area contributed by atoms with Gasteiger partial charge in [-0.15, -0.1) is 10.2 Å². The molecule has 0 saturated carbocycles. The minimum absolute atomic E-state index is 0.115. The molecule has 0 radical (unpaired) electrons. The molecule has 1 N–H and O–H groups in total. The van der Waals surface area contributed by atoms with Crippen molar-refractivity contribution in [3.05, 3.63) is 40.9 Å². The average Bonchev–Trinajstić information content (AvgIpc) is 2.94. The Hall–Kier alpha value is -1.48. The highest BCUT2D eigenvalue weighted by atomic mass is 35.5. The molecule has 1 aliphatic heterocycles. The molecule has 0 fully saturated rings. The largest absolute Gasteiger partial charge is 0.392 e. The third-order valence-corrected chi connectivity index (χ3v) is 5.64. The zero-order chi connectivity index (χ0) is 15.0. The summed E-state index contributed by atoms with van der Waals surface area (Å²) in [5.41, 5.74) is 0.387. The van der Waals surface area contributed by atoms with Crippen molar-refractivity contribution in [3.63, 3.8) is 0 Å². The van der Waals surface area contributed by atoms with Crippen LogP contribution in [0.25, 0.3) is 0 Å². The van der Waals surface area contributed by atoms with E-state index < -0.39 is 10.0 Å². The fraction of sp³-hybridized carbons (Fsp3) is 0.333. The quantitative estimate of drug-likeness (QED) is 0.892. The van der Waals surface area contributed by atoms with Gasteiger partial charge in [-0.05, 0) is 23.8 Å². The molecule has 1 aliphatic rings. The number of aliphatic hydroxyl groups excluding tert-OH is 1. The summed E-state index contributed by atoms with van der Waals surface area (Å²) in [5, 5.41) is 17.2. The van der Waals surface area contributed by atoms with E-state index in [0.29, 0.717) is 29.5 Å². The van der Waals surface area contributed by atoms with Gasteiger partial charge in [0.2, 0.25) is 10.0 Å². The summed E-state index contributed by atoms with van der Waals surface area (Å²) in [6.45, 7) is 0.738. The maximum atomic E-state index is 12.6. The van der Waals surface area contributed by atoms with Crippen LogP contribution in [0.2, 0.25) is 5.02 Å². The molecule has 2 heterocycles. The normalized spacial score (nSPS) is 15.9. The third kappa shape index (κ3) is 2.55. The van der Waals surface area contributed by atoms with Crippen LogP contribution in [0, 0.1) is 0 Å². The standard InChI is InChI=1S/C12H13ClN4O3S/c13-11-2-1-10(5-9(11)7-18)21(19,20)17-4-3-16-8-14-15-12(16)6-17/h1-2,5,8,18H,3-4,6-7H2. The van der Waals surface area contributed by atoms with E-state index in [0.717, 1.165) is 0 Å². The summed E-state index contributed by atoms with van der Waals surface area (Å²) < 4.78 is 28.5. The Labute approximate surface area is 126 Å². The minimum atomic E-state index is -3.65. The lowest BCUT2D eigenvalue weighted by Gasteiger charge is -2.26. The maximum Gasteiger partial charge on any atom is 0.243 e. The molecule has 9 heteroatoms. The van der Waals surface area contributed by atoms with Crippen LogP contribution in [0.3, 0.4) is 0 Å². The second-order valence-electron chi connectivity index (χ2n) is 4.69. The Balaban J connectivity index is 1.94. The molecule has 0 atom stereocenters. The van der Waals surface area contributed by atoms with Crippen LogP contribution in [-0.2, 0) is 29.7 Å². The molecule has 2 aromatic rings. The van der Waals surface area contributed by atoms with Crippen molar-refractivity contribution in [1.29, 1.82) is 0 Å². The smallest absolute Gasteiger partial charge is 0.243 e. The predicted molar refractivity (Wildman–Crippen MR) is 75.0 cm³/mol. The summed E-state index contributed by atoms with van der Waals surface area (Å²) in [6.07, 6.45) is 1.59. The van der Waals surface area contributed by atoms with Gasteiger partial charge in [0.25, 0.3) is 0 Å². The van der Waals surface area contributed by atoms with E-state index in [1.165, 1.54) is 22.5 Å². The highest BCUT2D eigenvalue weighted by molar-refractivity contribution is 7.89. The maximum absolute atomic E-state index is 12.6. The summed E-state index contributed by atoms with van der Waals surface area (Å²) in [6, 6.07) is 4.32. The number of halogens is 1. The van der Waals surface area contributed by atoms with Crippen molar-refractivity contribution in [2.24, 2.45) is 0 Å². The van der Waals surface area contributed by atoms with Crippen molar-refractivity contribution in [3.8, 4) is 0 Å². The Morgan fingerprint density at radius 1 is 1.33 bits per heavy atom. The van der Waals surface area contributed by atoms with Gasteiger partial charge in [-0.2, -0.15) is 4.31 Å². The number of fused-ring (bicyclic) bond motifs is 1. The van der Waals surface area contributed by atoms with Crippen molar-refractivity contribution in [2.75, 3.05) is 6.54 Å². The number of benzene rings is 1. The fourth-order valence-electron chi connectivity index (χ4n) is 2.23. The van der Waals surface area contributed by atoms with Crippen LogP contribution >= 0.6 is 11.6 Å². The SMILES string of the molecule is O=S(=O)(c1ccc(Cl)c(CO)c1)N1CCn2cnnc2C1. The highest BCUT2D eigenvalue weighted by Gasteiger charge is 2.29. The summed E-state index contributed by atoms with van der Waals surface area (Å²) in [4.78, 5) is 0.115. The van der Waals surface area contributed by atoms with E-state index >= 15 is 0 Å². The number of aliphatic hydroxyl groups is 1. The molecular weight excluding hydrogens is 316 g/mol. The predicted octanol–water partition coefficient (Wildman–Crippen LogP) is 0.628. The number of hydrogen-bond acceptors (Lipinski definition) is 5. The van der Waals surface area contributed by atoms with Gasteiger partial charge in [0.05, 0.1) is 18.0 Å². The summed E-state index contributed by atoms with van der Waals surface area (Å²) >= 11 is 5.89. The zero-order valence-electron chi connectivity index (χ0n) is 11.0.